The van der Waals surface area contributed by atoms with E-state index in [2.05, 4.69) is 35.3 Å². The molecular formula is C25H26FN5S. The average Bonchev–Trinajstić information content (AvgIpc) is 3.10. The molecule has 1 atom stereocenters. The van der Waals surface area contributed by atoms with E-state index < -0.39 is 10.7 Å². The predicted octanol–water partition coefficient (Wildman–Crippen LogP) is 6.33. The van der Waals surface area contributed by atoms with Gasteiger partial charge in [-0.1, -0.05) is 36.7 Å². The van der Waals surface area contributed by atoms with Gasteiger partial charge in [0.25, 0.3) is 0 Å². The number of pyridine rings is 1. The van der Waals surface area contributed by atoms with Crippen LogP contribution in [0.15, 0.2) is 53.6 Å². The number of fused-ring (bicyclic) bond motifs is 2. The second kappa shape index (κ2) is 8.13. The van der Waals surface area contributed by atoms with E-state index in [1.165, 1.54) is 11.8 Å². The lowest BCUT2D eigenvalue weighted by Gasteiger charge is -2.19. The third-order valence-corrected chi connectivity index (χ3v) is 7.60. The van der Waals surface area contributed by atoms with E-state index in [0.29, 0.717) is 17.3 Å². The zero-order chi connectivity index (χ0) is 22.4. The maximum Gasteiger partial charge on any atom is 0.149 e. The summed E-state index contributed by atoms with van der Waals surface area (Å²) in [6, 6.07) is 13.8. The largest absolute Gasteiger partial charge is 0.340 e. The predicted molar refractivity (Wildman–Crippen MR) is 129 cm³/mol. The van der Waals surface area contributed by atoms with Gasteiger partial charge in [0.15, 0.2) is 0 Å². The highest BCUT2D eigenvalue weighted by atomic mass is 32.2. The maximum absolute atomic E-state index is 14.8. The van der Waals surface area contributed by atoms with Gasteiger partial charge in [-0.25, -0.2) is 9.37 Å². The highest BCUT2D eigenvalue weighted by molar-refractivity contribution is 7.86. The van der Waals surface area contributed by atoms with Crippen LogP contribution >= 0.6 is 0 Å². The zero-order valence-corrected chi connectivity index (χ0v) is 19.3. The molecule has 0 fully saturated rings. The van der Waals surface area contributed by atoms with E-state index in [-0.39, 0.29) is 5.82 Å². The summed E-state index contributed by atoms with van der Waals surface area (Å²) in [6.45, 7) is 4.28. The van der Waals surface area contributed by atoms with E-state index >= 15 is 0 Å². The molecular weight excluding hydrogens is 421 g/mol. The third-order valence-electron chi connectivity index (χ3n) is 5.99. The van der Waals surface area contributed by atoms with Gasteiger partial charge in [-0.15, -0.1) is 0 Å². The SMILES string of the molecule is CC(C)c1c2cc(-c3cc(Nc4ccc5c(c4)S(=N)CCC5)ncc3F)ccc2nn1C. The highest BCUT2D eigenvalue weighted by Crippen LogP contribution is 2.33. The fourth-order valence-electron chi connectivity index (χ4n) is 4.53. The summed E-state index contributed by atoms with van der Waals surface area (Å²) in [5, 5.41) is 8.94. The number of aromatic nitrogens is 3. The van der Waals surface area contributed by atoms with Gasteiger partial charge in [0.2, 0.25) is 0 Å². The normalized spacial score (nSPS) is 15.8. The van der Waals surface area contributed by atoms with Crippen LogP contribution in [0.4, 0.5) is 15.9 Å². The van der Waals surface area contributed by atoms with Crippen molar-refractivity contribution in [3.63, 3.8) is 0 Å². The van der Waals surface area contributed by atoms with E-state index in [4.69, 9.17) is 4.78 Å². The van der Waals surface area contributed by atoms with Crippen molar-refractivity contribution in [2.24, 2.45) is 7.05 Å². The summed E-state index contributed by atoms with van der Waals surface area (Å²) < 4.78 is 25.1. The van der Waals surface area contributed by atoms with Crippen LogP contribution in [0.25, 0.3) is 22.0 Å². The molecule has 3 heterocycles. The Balaban J connectivity index is 1.51. The first-order valence-electron chi connectivity index (χ1n) is 10.9. The van der Waals surface area contributed by atoms with Gasteiger partial charge in [0.1, 0.15) is 11.6 Å². The van der Waals surface area contributed by atoms with Gasteiger partial charge in [0.05, 0.1) is 11.7 Å². The number of rotatable bonds is 4. The van der Waals surface area contributed by atoms with Crippen LogP contribution in [-0.4, -0.2) is 20.5 Å². The van der Waals surface area contributed by atoms with Crippen LogP contribution in [0, 0.1) is 10.6 Å². The Hall–Kier alpha value is -3.06. The number of hydrogen-bond donors (Lipinski definition) is 2. The molecule has 1 aliphatic rings. The topological polar surface area (TPSA) is 66.6 Å². The molecule has 0 amide bonds. The molecule has 5 rings (SSSR count). The van der Waals surface area contributed by atoms with E-state index in [0.717, 1.165) is 51.3 Å². The van der Waals surface area contributed by atoms with Crippen molar-refractivity contribution in [1.29, 1.82) is 4.78 Å². The van der Waals surface area contributed by atoms with E-state index in [1.54, 1.807) is 6.07 Å². The van der Waals surface area contributed by atoms with Crippen LogP contribution in [0.3, 0.4) is 0 Å². The zero-order valence-electron chi connectivity index (χ0n) is 18.4. The van der Waals surface area contributed by atoms with Crippen LogP contribution in [0.1, 0.15) is 37.4 Å². The summed E-state index contributed by atoms with van der Waals surface area (Å²) >= 11 is 0. The number of nitrogens with zero attached hydrogens (tertiary/aromatic N) is 3. The van der Waals surface area contributed by atoms with Gasteiger partial charge in [-0.05, 0) is 60.2 Å². The molecule has 0 radical (unpaired) electrons. The molecule has 5 nitrogen and oxygen atoms in total. The molecule has 1 unspecified atom stereocenters. The van der Waals surface area contributed by atoms with Crippen LogP contribution in [0.2, 0.25) is 0 Å². The quantitative estimate of drug-likeness (QED) is 0.384. The Labute approximate surface area is 189 Å². The maximum atomic E-state index is 14.8. The summed E-state index contributed by atoms with van der Waals surface area (Å²) in [7, 11) is 1.48. The molecule has 164 valence electrons. The number of halogens is 1. The van der Waals surface area contributed by atoms with Gasteiger partial charge in [-0.3, -0.25) is 9.46 Å². The van der Waals surface area contributed by atoms with Gasteiger partial charge < -0.3 is 5.32 Å². The molecule has 4 aromatic rings. The lowest BCUT2D eigenvalue weighted by atomic mass is 10.0. The van der Waals surface area contributed by atoms with Crippen molar-refractivity contribution in [3.05, 3.63) is 65.7 Å². The minimum atomic E-state index is -0.467. The van der Waals surface area contributed by atoms with Crippen molar-refractivity contribution in [3.8, 4) is 11.1 Å². The number of hydrogen-bond acceptors (Lipinski definition) is 4. The Morgan fingerprint density at radius 1 is 1.16 bits per heavy atom. The van der Waals surface area contributed by atoms with Crippen molar-refractivity contribution in [2.75, 3.05) is 11.1 Å². The molecule has 0 saturated carbocycles. The van der Waals surface area contributed by atoms with E-state index in [1.807, 2.05) is 42.1 Å². The fraction of sp³-hybridized carbons (Fsp3) is 0.280. The fourth-order valence-corrected chi connectivity index (χ4v) is 5.94. The van der Waals surface area contributed by atoms with Crippen LogP contribution in [-0.2, 0) is 24.2 Å². The number of aryl methyl sites for hydroxylation is 2. The molecule has 1 aliphatic heterocycles. The molecule has 2 N–H and O–H groups in total. The molecule has 2 aromatic heterocycles. The van der Waals surface area contributed by atoms with Gasteiger partial charge in [-0.2, -0.15) is 5.10 Å². The minimum absolute atomic E-state index is 0.311. The lowest BCUT2D eigenvalue weighted by molar-refractivity contribution is 0.625. The Kier molecular flexibility index (Phi) is 5.29. The third kappa shape index (κ3) is 3.71. The highest BCUT2D eigenvalue weighted by Gasteiger charge is 2.16. The second-order valence-electron chi connectivity index (χ2n) is 8.59. The molecule has 0 saturated heterocycles. The molecule has 2 aromatic carbocycles. The summed E-state index contributed by atoms with van der Waals surface area (Å²) in [5.74, 6) is 1.45. The first-order valence-corrected chi connectivity index (χ1v) is 12.2. The van der Waals surface area contributed by atoms with Crippen LogP contribution in [0.5, 0.6) is 0 Å². The molecule has 0 aliphatic carbocycles. The lowest BCUT2D eigenvalue weighted by Crippen LogP contribution is -2.09. The van der Waals surface area contributed by atoms with Gasteiger partial charge >= 0.3 is 0 Å². The Morgan fingerprint density at radius 2 is 2.00 bits per heavy atom. The van der Waals surface area contributed by atoms with Gasteiger partial charge in [0, 0.05) is 40.0 Å². The second-order valence-corrected chi connectivity index (χ2v) is 10.2. The first kappa shape index (κ1) is 20.8. The Morgan fingerprint density at radius 3 is 2.81 bits per heavy atom. The van der Waals surface area contributed by atoms with Crippen LogP contribution < -0.4 is 5.32 Å². The summed E-state index contributed by atoms with van der Waals surface area (Å²) in [4.78, 5) is 5.36. The number of anilines is 2. The minimum Gasteiger partial charge on any atom is -0.340 e. The smallest absolute Gasteiger partial charge is 0.149 e. The van der Waals surface area contributed by atoms with Crippen molar-refractivity contribution >= 4 is 33.1 Å². The molecule has 32 heavy (non-hydrogen) atoms. The number of benzene rings is 2. The standard InChI is InChI=1S/C25H26FN5S/c1-15(2)25-20-11-17(7-9-22(20)30-31(25)3)19-13-24(28-14-21(19)26)29-18-8-6-16-5-4-10-32(27)23(16)12-18/h6-9,11-15,27H,4-5,10H2,1-3H3,(H,28,29). The van der Waals surface area contributed by atoms with Crippen molar-refractivity contribution < 1.29 is 4.39 Å². The number of nitrogens with one attached hydrogen (secondary N) is 2. The van der Waals surface area contributed by atoms with E-state index in [9.17, 15) is 4.39 Å². The van der Waals surface area contributed by atoms with Crippen molar-refractivity contribution in [1.82, 2.24) is 14.8 Å². The summed E-state index contributed by atoms with van der Waals surface area (Å²) in [6.07, 6.45) is 3.38. The monoisotopic (exact) mass is 447 g/mol. The molecule has 0 spiro atoms. The Bertz CT molecular complexity index is 1360. The molecule has 0 bridgehead atoms. The summed E-state index contributed by atoms with van der Waals surface area (Å²) in [5.41, 5.74) is 5.49. The average molecular weight is 448 g/mol. The van der Waals surface area contributed by atoms with Crippen molar-refractivity contribution in [2.45, 2.75) is 37.5 Å². The molecule has 7 heteroatoms. The first-order chi connectivity index (χ1) is 15.4.